The van der Waals surface area contributed by atoms with Crippen LogP contribution in [0.25, 0.3) is 0 Å². The minimum atomic E-state index is -5.42. The molecule has 274 valence electrons. The van der Waals surface area contributed by atoms with Crippen LogP contribution in [0.15, 0.2) is 12.2 Å². The molecule has 4 aliphatic carbocycles. The summed E-state index contributed by atoms with van der Waals surface area (Å²) >= 11 is 0. The first-order chi connectivity index (χ1) is 22.2. The fourth-order valence-corrected chi connectivity index (χ4v) is 10.8. The number of carbonyl (C=O) groups excluding carboxylic acids is 1. The minimum absolute atomic E-state index is 0.0156. The van der Waals surface area contributed by atoms with Crippen molar-refractivity contribution in [3.63, 3.8) is 0 Å². The highest BCUT2D eigenvalue weighted by Gasteiger charge is 2.67. The maximum Gasteiger partial charge on any atom is 0.397 e. The van der Waals surface area contributed by atoms with E-state index in [0.29, 0.717) is 12.8 Å². The lowest BCUT2D eigenvalue weighted by molar-refractivity contribution is -0.316. The van der Waals surface area contributed by atoms with Gasteiger partial charge < -0.3 is 29.5 Å². The summed E-state index contributed by atoms with van der Waals surface area (Å²) in [7, 11) is -10.8. The van der Waals surface area contributed by atoms with Gasteiger partial charge in [-0.05, 0) is 79.6 Å². The smallest absolute Gasteiger partial charge is 0.397 e. The van der Waals surface area contributed by atoms with E-state index in [2.05, 4.69) is 10.8 Å². The molecule has 5 aliphatic rings. The lowest BCUT2D eigenvalue weighted by atomic mass is 9.43. The number of carboxylic acids is 1. The Morgan fingerprint density at radius 3 is 2.25 bits per heavy atom. The highest BCUT2D eigenvalue weighted by Crippen LogP contribution is 2.70. The Morgan fingerprint density at radius 1 is 1.02 bits per heavy atom. The molecule has 4 saturated carbocycles. The predicted octanol–water partition coefficient (Wildman–Crippen LogP) is 1.67. The zero-order valence-corrected chi connectivity index (χ0v) is 28.7. The molecule has 0 unspecified atom stereocenters. The normalized spacial score (nSPS) is 43.0. The predicted molar refractivity (Wildman–Crippen MR) is 162 cm³/mol. The zero-order chi connectivity index (χ0) is 35.6. The molecule has 1 saturated heterocycles. The summed E-state index contributed by atoms with van der Waals surface area (Å²) in [5.74, 6) is -3.25. The van der Waals surface area contributed by atoms with Crippen molar-refractivity contribution in [2.45, 2.75) is 115 Å². The van der Waals surface area contributed by atoms with Crippen LogP contribution >= 0.6 is 0 Å². The monoisotopic (exact) mass is 726 g/mol. The van der Waals surface area contributed by atoms with Gasteiger partial charge in [0.25, 0.3) is 0 Å². The van der Waals surface area contributed by atoms with Crippen LogP contribution in [0.5, 0.6) is 0 Å². The second-order valence-electron chi connectivity index (χ2n) is 14.8. The van der Waals surface area contributed by atoms with Crippen molar-refractivity contribution in [3.8, 4) is 0 Å². The number of ether oxygens (including phenoxy) is 3. The zero-order valence-electron chi connectivity index (χ0n) is 27.0. The number of hydrogen-bond donors (Lipinski definition) is 5. The highest BCUT2D eigenvalue weighted by molar-refractivity contribution is 7.81. The SMILES string of the molecule is C=C1[C@H]2CC[C@@H]3[C@@]4(C)C[C@H](O[C@@H]5O[C@H](CO)[C@@H](OS(=O)(=O)O)[C@H](OS(=O)(=O)O)[C@H]5OC(=O)CC(C)C)C[C@@H](C(=O)O)[C@@H]4CC[C@@]3(C2)[C@H]1O. The molecule has 0 aromatic carbocycles. The van der Waals surface area contributed by atoms with Crippen LogP contribution in [0.1, 0.15) is 72.1 Å². The Balaban J connectivity index is 1.51. The van der Waals surface area contributed by atoms with E-state index in [1.165, 1.54) is 0 Å². The van der Waals surface area contributed by atoms with Gasteiger partial charge in [0.1, 0.15) is 12.2 Å². The molecule has 1 heterocycles. The molecule has 13 atom stereocenters. The van der Waals surface area contributed by atoms with Crippen molar-refractivity contribution < 1.29 is 73.4 Å². The standard InChI is InChI=1S/C30H46O16S2/c1-14(2)9-22(32)44-25-24(46-48(39,40)41)23(45-47(36,37)38)20(13-31)43-28(25)42-17-10-18(27(34)35)19-7-8-30-11-16(15(3)26(30)33)5-6-21(30)29(19,4)12-17/h14,16-21,23-26,28,31,33H,3,5-13H2,1-2,4H3,(H,34,35)(H,36,37,38)(H,39,40,41)/t16-,17+,18+,19-,20+,21+,23+,24-,25+,26-,28+,29-,30-/m0/s1. The number of aliphatic carboxylic acids is 1. The molecule has 1 spiro atoms. The van der Waals surface area contributed by atoms with E-state index in [1.807, 2.05) is 6.92 Å². The summed E-state index contributed by atoms with van der Waals surface area (Å²) in [5.41, 5.74) is -0.319. The number of fused-ring (bicyclic) bond motifs is 3. The number of esters is 1. The maximum atomic E-state index is 12.9. The fourth-order valence-electron chi connectivity index (χ4n) is 9.82. The minimum Gasteiger partial charge on any atom is -0.481 e. The summed E-state index contributed by atoms with van der Waals surface area (Å²) in [6, 6.07) is 0. The van der Waals surface area contributed by atoms with Crippen LogP contribution in [0.2, 0.25) is 0 Å². The van der Waals surface area contributed by atoms with Crippen LogP contribution in [0.4, 0.5) is 0 Å². The van der Waals surface area contributed by atoms with Crippen molar-refractivity contribution in [2.75, 3.05) is 6.61 Å². The summed E-state index contributed by atoms with van der Waals surface area (Å²) in [4.78, 5) is 25.7. The van der Waals surface area contributed by atoms with E-state index in [-0.39, 0.29) is 42.9 Å². The van der Waals surface area contributed by atoms with Crippen molar-refractivity contribution in [3.05, 3.63) is 12.2 Å². The molecule has 5 N–H and O–H groups in total. The Hall–Kier alpha value is -1.74. The van der Waals surface area contributed by atoms with E-state index < -0.39 is 99.0 Å². The van der Waals surface area contributed by atoms with Gasteiger partial charge in [0, 0.05) is 11.8 Å². The van der Waals surface area contributed by atoms with Crippen LogP contribution < -0.4 is 0 Å². The van der Waals surface area contributed by atoms with Crippen molar-refractivity contribution in [2.24, 2.45) is 40.4 Å². The van der Waals surface area contributed by atoms with E-state index in [1.54, 1.807) is 13.8 Å². The Kier molecular flexibility index (Phi) is 10.5. The second kappa shape index (κ2) is 13.4. The van der Waals surface area contributed by atoms with Crippen molar-refractivity contribution in [1.82, 2.24) is 0 Å². The number of aliphatic hydroxyl groups is 2. The van der Waals surface area contributed by atoms with Gasteiger partial charge in [0.2, 0.25) is 0 Å². The molecule has 5 rings (SSSR count). The average Bonchev–Trinajstić information content (AvgIpc) is 3.12. The first-order valence-electron chi connectivity index (χ1n) is 16.2. The molecule has 0 radical (unpaired) electrons. The van der Waals surface area contributed by atoms with Gasteiger partial charge in [-0.25, -0.2) is 8.37 Å². The molecule has 16 nitrogen and oxygen atoms in total. The third-order valence-electron chi connectivity index (χ3n) is 11.5. The van der Waals surface area contributed by atoms with E-state index in [4.69, 9.17) is 18.4 Å². The molecule has 0 aromatic rings. The molecule has 1 aliphatic heterocycles. The lowest BCUT2D eigenvalue weighted by Gasteiger charge is -2.62. The van der Waals surface area contributed by atoms with Gasteiger partial charge in [-0.3, -0.25) is 18.7 Å². The van der Waals surface area contributed by atoms with E-state index in [9.17, 15) is 50.8 Å². The third-order valence-corrected chi connectivity index (χ3v) is 12.4. The molecular weight excluding hydrogens is 680 g/mol. The topological polar surface area (TPSA) is 250 Å². The summed E-state index contributed by atoms with van der Waals surface area (Å²) in [6.45, 7) is 8.52. The maximum absolute atomic E-state index is 12.9. The van der Waals surface area contributed by atoms with Gasteiger partial charge in [-0.2, -0.15) is 16.8 Å². The van der Waals surface area contributed by atoms with Gasteiger partial charge in [-0.15, -0.1) is 0 Å². The van der Waals surface area contributed by atoms with Crippen LogP contribution in [-0.2, 0) is 53.0 Å². The van der Waals surface area contributed by atoms with Gasteiger partial charge in [0.15, 0.2) is 18.5 Å². The lowest BCUT2D eigenvalue weighted by Crippen LogP contribution is -2.64. The van der Waals surface area contributed by atoms with E-state index >= 15 is 0 Å². The second-order valence-corrected chi connectivity index (χ2v) is 16.9. The average molecular weight is 727 g/mol. The molecule has 48 heavy (non-hydrogen) atoms. The molecule has 2 bridgehead atoms. The Bertz CT molecular complexity index is 1480. The number of hydrogen-bond acceptors (Lipinski definition) is 13. The van der Waals surface area contributed by atoms with E-state index in [0.717, 1.165) is 24.8 Å². The molecule has 18 heteroatoms. The number of carboxylic acid groups (broad SMARTS) is 1. The number of rotatable bonds is 11. The molecule has 0 aromatic heterocycles. The van der Waals surface area contributed by atoms with Crippen LogP contribution in [-0.4, -0.2) is 103 Å². The van der Waals surface area contributed by atoms with Crippen LogP contribution in [0.3, 0.4) is 0 Å². The third kappa shape index (κ3) is 7.20. The largest absolute Gasteiger partial charge is 0.481 e. The first kappa shape index (κ1) is 37.5. The Morgan fingerprint density at radius 2 is 1.67 bits per heavy atom. The number of carbonyl (C=O) groups is 2. The number of aliphatic hydroxyl groups excluding tert-OH is 2. The molecule has 5 fully saturated rings. The summed E-state index contributed by atoms with van der Waals surface area (Å²) in [6.07, 6.45) is -7.93. The van der Waals surface area contributed by atoms with Gasteiger partial charge in [0.05, 0.1) is 24.7 Å². The first-order valence-corrected chi connectivity index (χ1v) is 18.9. The summed E-state index contributed by atoms with van der Waals surface area (Å²) in [5, 5.41) is 32.0. The fraction of sp³-hybridized carbons (Fsp3) is 0.867. The Labute approximate surface area is 280 Å². The summed E-state index contributed by atoms with van der Waals surface area (Å²) < 4.78 is 93.5. The molecule has 0 amide bonds. The molecular formula is C30H46O16S2. The highest BCUT2D eigenvalue weighted by atomic mass is 32.3. The van der Waals surface area contributed by atoms with Gasteiger partial charge >= 0.3 is 32.7 Å². The van der Waals surface area contributed by atoms with Gasteiger partial charge in [-0.1, -0.05) is 27.4 Å². The van der Waals surface area contributed by atoms with Crippen molar-refractivity contribution in [1.29, 1.82) is 0 Å². The van der Waals surface area contributed by atoms with Crippen molar-refractivity contribution >= 4 is 32.7 Å². The van der Waals surface area contributed by atoms with Crippen LogP contribution in [0, 0.1) is 40.4 Å². The quantitative estimate of drug-likeness (QED) is 0.0879.